The van der Waals surface area contributed by atoms with Gasteiger partial charge < -0.3 is 15.4 Å². The van der Waals surface area contributed by atoms with Crippen molar-refractivity contribution < 1.29 is 19.1 Å². The van der Waals surface area contributed by atoms with Crippen molar-refractivity contribution in [3.63, 3.8) is 0 Å². The van der Waals surface area contributed by atoms with E-state index in [9.17, 15) is 14.4 Å². The normalized spacial score (nSPS) is 13.5. The maximum Gasteiger partial charge on any atom is 0.278 e. The number of amides is 3. The average Bonchev–Trinajstić information content (AvgIpc) is 3.46. The first-order valence-electron chi connectivity index (χ1n) is 11.0. The van der Waals surface area contributed by atoms with E-state index in [-0.39, 0.29) is 30.0 Å². The van der Waals surface area contributed by atoms with Gasteiger partial charge in [-0.15, -0.1) is 11.3 Å². The molecule has 0 atom stereocenters. The van der Waals surface area contributed by atoms with Gasteiger partial charge in [0.25, 0.3) is 17.7 Å². The second-order valence-electron chi connectivity index (χ2n) is 7.86. The number of carbonyl (C=O) groups excluding carboxylic acids is 3. The summed E-state index contributed by atoms with van der Waals surface area (Å²) >= 11 is 2.56. The first-order chi connectivity index (χ1) is 17.0. The summed E-state index contributed by atoms with van der Waals surface area (Å²) in [6.07, 6.45) is 0.550. The molecule has 1 aliphatic heterocycles. The first-order valence-corrected chi connectivity index (χ1v) is 12.7. The van der Waals surface area contributed by atoms with Crippen LogP contribution in [0.5, 0.6) is 0 Å². The number of nitrogens with one attached hydrogen (secondary N) is 2. The lowest BCUT2D eigenvalue weighted by Gasteiger charge is -2.14. The minimum Gasteiger partial charge on any atom is -0.385 e. The number of rotatable bonds is 10. The van der Waals surface area contributed by atoms with Crippen molar-refractivity contribution in [2.75, 3.05) is 30.9 Å². The van der Waals surface area contributed by atoms with Gasteiger partial charge in [-0.05, 0) is 55.1 Å². The SMILES string of the molecule is COCCCN1C(=O)C(Nc2ccc(C)cc2)=C(Sc2cccc(NC(=O)c3cccs3)c2)C1=O. The summed E-state index contributed by atoms with van der Waals surface area (Å²) in [6, 6.07) is 18.4. The molecule has 2 heterocycles. The molecule has 1 aromatic heterocycles. The van der Waals surface area contributed by atoms with E-state index in [0.29, 0.717) is 28.5 Å². The highest BCUT2D eigenvalue weighted by Gasteiger charge is 2.38. The van der Waals surface area contributed by atoms with Gasteiger partial charge in [-0.25, -0.2) is 0 Å². The van der Waals surface area contributed by atoms with Gasteiger partial charge in [-0.3, -0.25) is 19.3 Å². The summed E-state index contributed by atoms with van der Waals surface area (Å²) in [5, 5.41) is 7.88. The fraction of sp³-hybridized carbons (Fsp3) is 0.192. The Kier molecular flexibility index (Phi) is 8.02. The maximum atomic E-state index is 13.3. The molecule has 0 aliphatic carbocycles. The number of benzene rings is 2. The van der Waals surface area contributed by atoms with Crippen LogP contribution in [0.1, 0.15) is 21.7 Å². The second kappa shape index (κ2) is 11.4. The van der Waals surface area contributed by atoms with Crippen LogP contribution in [-0.4, -0.2) is 42.9 Å². The number of carbonyl (C=O) groups is 3. The molecule has 3 aromatic rings. The molecule has 0 radical (unpaired) electrons. The van der Waals surface area contributed by atoms with Gasteiger partial charge in [0.2, 0.25) is 0 Å². The van der Waals surface area contributed by atoms with E-state index in [4.69, 9.17) is 4.74 Å². The number of nitrogens with zero attached hydrogens (tertiary/aromatic N) is 1. The third-order valence-corrected chi connectivity index (χ3v) is 7.17. The van der Waals surface area contributed by atoms with Crippen LogP contribution in [0.2, 0.25) is 0 Å². The average molecular weight is 508 g/mol. The van der Waals surface area contributed by atoms with Gasteiger partial charge in [0.05, 0.1) is 4.88 Å². The van der Waals surface area contributed by atoms with Gasteiger partial charge in [0, 0.05) is 36.5 Å². The minimum absolute atomic E-state index is 0.195. The zero-order valence-electron chi connectivity index (χ0n) is 19.4. The van der Waals surface area contributed by atoms with E-state index in [2.05, 4.69) is 10.6 Å². The molecule has 2 N–H and O–H groups in total. The summed E-state index contributed by atoms with van der Waals surface area (Å²) in [7, 11) is 1.59. The van der Waals surface area contributed by atoms with Crippen molar-refractivity contribution in [1.82, 2.24) is 4.90 Å². The molecule has 0 bridgehead atoms. The molecule has 4 rings (SSSR count). The molecule has 0 fully saturated rings. The molecule has 0 saturated heterocycles. The van der Waals surface area contributed by atoms with Crippen LogP contribution in [-0.2, 0) is 14.3 Å². The van der Waals surface area contributed by atoms with Crippen LogP contribution in [0.15, 0.2) is 81.5 Å². The number of hydrogen-bond acceptors (Lipinski definition) is 7. The van der Waals surface area contributed by atoms with Gasteiger partial charge in [-0.1, -0.05) is 41.6 Å². The van der Waals surface area contributed by atoms with Gasteiger partial charge in [-0.2, -0.15) is 0 Å². The molecule has 9 heteroatoms. The molecule has 0 spiro atoms. The third kappa shape index (κ3) is 6.00. The van der Waals surface area contributed by atoms with E-state index >= 15 is 0 Å². The highest BCUT2D eigenvalue weighted by molar-refractivity contribution is 8.04. The van der Waals surface area contributed by atoms with E-state index in [0.717, 1.165) is 16.1 Å². The third-order valence-electron chi connectivity index (χ3n) is 5.23. The molecule has 7 nitrogen and oxygen atoms in total. The van der Waals surface area contributed by atoms with Gasteiger partial charge >= 0.3 is 0 Å². The van der Waals surface area contributed by atoms with E-state index in [1.165, 1.54) is 28.0 Å². The zero-order chi connectivity index (χ0) is 24.8. The van der Waals surface area contributed by atoms with E-state index in [1.54, 1.807) is 31.4 Å². The van der Waals surface area contributed by atoms with Crippen LogP contribution in [0.25, 0.3) is 0 Å². The molecular weight excluding hydrogens is 482 g/mol. The molecule has 3 amide bonds. The Labute approximate surface area is 212 Å². The number of anilines is 2. The quantitative estimate of drug-likeness (QED) is 0.292. The predicted octanol–water partition coefficient (Wildman–Crippen LogP) is 5.13. The van der Waals surface area contributed by atoms with Crippen molar-refractivity contribution in [1.29, 1.82) is 0 Å². The van der Waals surface area contributed by atoms with Gasteiger partial charge in [0.15, 0.2) is 0 Å². The van der Waals surface area contributed by atoms with Crippen molar-refractivity contribution >= 4 is 52.2 Å². The Morgan fingerprint density at radius 3 is 2.54 bits per heavy atom. The fourth-order valence-electron chi connectivity index (χ4n) is 3.47. The van der Waals surface area contributed by atoms with Crippen LogP contribution in [0.3, 0.4) is 0 Å². The standard InChI is InChI=1S/C26H25N3O4S2/c1-17-9-11-18(12-10-17)27-22-23(26(32)29(25(22)31)13-5-14-33-2)35-20-7-3-6-19(16-20)28-24(30)21-8-4-15-34-21/h3-4,6-12,15-16,27H,5,13-14H2,1-2H3,(H,28,30). The largest absolute Gasteiger partial charge is 0.385 e. The zero-order valence-corrected chi connectivity index (χ0v) is 21.0. The molecule has 0 unspecified atom stereocenters. The lowest BCUT2D eigenvalue weighted by molar-refractivity contribution is -0.137. The van der Waals surface area contributed by atoms with Crippen molar-refractivity contribution in [2.45, 2.75) is 18.2 Å². The summed E-state index contributed by atoms with van der Waals surface area (Å²) in [4.78, 5) is 41.8. The molecule has 180 valence electrons. The van der Waals surface area contributed by atoms with Crippen molar-refractivity contribution in [2.24, 2.45) is 0 Å². The Bertz CT molecular complexity index is 1250. The van der Waals surface area contributed by atoms with E-state index < -0.39 is 0 Å². The Morgan fingerprint density at radius 2 is 1.83 bits per heavy atom. The smallest absolute Gasteiger partial charge is 0.278 e. The lowest BCUT2D eigenvalue weighted by atomic mass is 10.2. The highest BCUT2D eigenvalue weighted by atomic mass is 32.2. The predicted molar refractivity (Wildman–Crippen MR) is 140 cm³/mol. The molecule has 0 saturated carbocycles. The molecule has 2 aromatic carbocycles. The minimum atomic E-state index is -0.365. The number of thiophene rings is 1. The van der Waals surface area contributed by atoms with Gasteiger partial charge in [0.1, 0.15) is 10.6 Å². The monoisotopic (exact) mass is 507 g/mol. The Balaban J connectivity index is 1.58. The Morgan fingerprint density at radius 1 is 1.03 bits per heavy atom. The van der Waals surface area contributed by atoms with Crippen molar-refractivity contribution in [3.05, 3.63) is 87.1 Å². The number of aryl methyl sites for hydroxylation is 1. The summed E-state index contributed by atoms with van der Waals surface area (Å²) < 4.78 is 5.08. The summed E-state index contributed by atoms with van der Waals surface area (Å²) in [6.45, 7) is 2.70. The number of ether oxygens (including phenoxy) is 1. The fourth-order valence-corrected chi connectivity index (χ4v) is 5.09. The topological polar surface area (TPSA) is 87.7 Å². The first kappa shape index (κ1) is 24.7. The number of imide groups is 1. The number of thioether (sulfide) groups is 1. The molecule has 35 heavy (non-hydrogen) atoms. The second-order valence-corrected chi connectivity index (χ2v) is 9.90. The maximum absolute atomic E-state index is 13.3. The number of methoxy groups -OCH3 is 1. The van der Waals surface area contributed by atoms with Crippen molar-refractivity contribution in [3.8, 4) is 0 Å². The molecule has 1 aliphatic rings. The highest BCUT2D eigenvalue weighted by Crippen LogP contribution is 2.37. The lowest BCUT2D eigenvalue weighted by Crippen LogP contribution is -2.33. The van der Waals surface area contributed by atoms with Crippen LogP contribution in [0.4, 0.5) is 11.4 Å². The van der Waals surface area contributed by atoms with Crippen LogP contribution < -0.4 is 10.6 Å². The van der Waals surface area contributed by atoms with Crippen LogP contribution >= 0.6 is 23.1 Å². The van der Waals surface area contributed by atoms with Crippen LogP contribution in [0, 0.1) is 6.92 Å². The summed E-state index contributed by atoms with van der Waals surface area (Å²) in [5.41, 5.74) is 2.67. The molecular formula is C26H25N3O4S2. The Hall–Kier alpha value is -3.40. The van der Waals surface area contributed by atoms with E-state index in [1.807, 2.05) is 48.7 Å². The summed E-state index contributed by atoms with van der Waals surface area (Å²) in [5.74, 6) is -0.908. The number of hydrogen-bond donors (Lipinski definition) is 2.